The molecule has 0 saturated carbocycles. The van der Waals surface area contributed by atoms with Crippen molar-refractivity contribution in [2.45, 2.75) is 0 Å². The number of nitrogens with one attached hydrogen (secondary N) is 1. The number of amides is 1. The second-order valence-electron chi connectivity index (χ2n) is 5.52. The minimum absolute atomic E-state index is 0.105. The van der Waals surface area contributed by atoms with Crippen LogP contribution in [0.15, 0.2) is 30.6 Å². The van der Waals surface area contributed by atoms with Gasteiger partial charge in [-0.2, -0.15) is 0 Å². The first-order valence-electron chi connectivity index (χ1n) is 7.82. The highest BCUT2D eigenvalue weighted by atomic mass is 32.1. The Morgan fingerprint density at radius 1 is 1.24 bits per heavy atom. The number of ether oxygens (including phenoxy) is 1. The molecule has 0 bridgehead atoms. The van der Waals surface area contributed by atoms with Gasteiger partial charge in [0, 0.05) is 31.2 Å². The molecule has 1 fully saturated rings. The summed E-state index contributed by atoms with van der Waals surface area (Å²) in [5.41, 5.74) is 7.38. The summed E-state index contributed by atoms with van der Waals surface area (Å²) in [7, 11) is 0. The molecule has 3 N–H and O–H groups in total. The van der Waals surface area contributed by atoms with Crippen LogP contribution in [0, 0.1) is 0 Å². The van der Waals surface area contributed by atoms with Crippen molar-refractivity contribution in [2.24, 2.45) is 0 Å². The van der Waals surface area contributed by atoms with E-state index in [9.17, 15) is 4.79 Å². The summed E-state index contributed by atoms with van der Waals surface area (Å²) in [6.45, 7) is 3.12. The summed E-state index contributed by atoms with van der Waals surface area (Å²) in [5.74, 6) is -0.281. The largest absolute Gasteiger partial charge is 0.382 e. The van der Waals surface area contributed by atoms with Crippen LogP contribution in [0.5, 0.6) is 0 Å². The molecule has 1 aromatic carbocycles. The molecule has 128 valence electrons. The van der Waals surface area contributed by atoms with Crippen molar-refractivity contribution in [3.05, 3.63) is 36.3 Å². The highest BCUT2D eigenvalue weighted by Crippen LogP contribution is 2.31. The number of nitrogens with two attached hydrogens (primary N) is 1. The number of nitrogens with zero attached hydrogens (tertiary/aromatic N) is 4. The minimum atomic E-state index is -0.386. The summed E-state index contributed by atoms with van der Waals surface area (Å²) in [6.07, 6.45) is 2.88. The number of thiazole rings is 1. The fraction of sp³-hybridized carbons (Fsp3) is 0.250. The van der Waals surface area contributed by atoms with Gasteiger partial charge < -0.3 is 20.7 Å². The second kappa shape index (κ2) is 6.61. The molecule has 3 heterocycles. The maximum Gasteiger partial charge on any atom is 0.278 e. The number of carbonyl (C=O) groups is 1. The molecule has 1 saturated heterocycles. The highest BCUT2D eigenvalue weighted by molar-refractivity contribution is 7.22. The van der Waals surface area contributed by atoms with Crippen LogP contribution in [-0.2, 0) is 4.74 Å². The van der Waals surface area contributed by atoms with Crippen LogP contribution >= 0.6 is 11.3 Å². The Balaban J connectivity index is 1.56. The normalized spacial score (nSPS) is 14.6. The Hall–Kier alpha value is -2.78. The van der Waals surface area contributed by atoms with Gasteiger partial charge in [0.15, 0.2) is 16.6 Å². The van der Waals surface area contributed by atoms with Crippen LogP contribution in [0.1, 0.15) is 10.5 Å². The lowest BCUT2D eigenvalue weighted by molar-refractivity contribution is 0.102. The van der Waals surface area contributed by atoms with E-state index in [1.165, 1.54) is 12.4 Å². The van der Waals surface area contributed by atoms with Gasteiger partial charge in [0.2, 0.25) is 0 Å². The molecule has 1 aliphatic heterocycles. The van der Waals surface area contributed by atoms with Crippen LogP contribution in [-0.4, -0.2) is 47.2 Å². The van der Waals surface area contributed by atoms with Crippen molar-refractivity contribution >= 4 is 44.1 Å². The summed E-state index contributed by atoms with van der Waals surface area (Å²) in [5, 5.41) is 3.78. The van der Waals surface area contributed by atoms with Crippen molar-refractivity contribution in [3.8, 4) is 0 Å². The van der Waals surface area contributed by atoms with Crippen LogP contribution in [0.2, 0.25) is 0 Å². The first kappa shape index (κ1) is 15.7. The highest BCUT2D eigenvalue weighted by Gasteiger charge is 2.16. The number of hydrogen-bond donors (Lipinski definition) is 2. The SMILES string of the molecule is Nc1nccnc1C(=O)Nc1ccc2nc(N3CCOCC3)sc2c1. The smallest absolute Gasteiger partial charge is 0.278 e. The molecule has 4 rings (SSSR count). The van der Waals surface area contributed by atoms with Gasteiger partial charge in [0.05, 0.1) is 23.4 Å². The predicted molar refractivity (Wildman–Crippen MR) is 97.0 cm³/mol. The van der Waals surface area contributed by atoms with Gasteiger partial charge >= 0.3 is 0 Å². The van der Waals surface area contributed by atoms with Gasteiger partial charge in [-0.15, -0.1) is 0 Å². The average Bonchev–Trinajstić information content (AvgIpc) is 3.06. The van der Waals surface area contributed by atoms with Gasteiger partial charge in [-0.05, 0) is 18.2 Å². The van der Waals surface area contributed by atoms with Gasteiger partial charge in [-0.1, -0.05) is 11.3 Å². The molecule has 0 radical (unpaired) electrons. The Morgan fingerprint density at radius 2 is 2.04 bits per heavy atom. The molecule has 3 aromatic rings. The van der Waals surface area contributed by atoms with E-state index >= 15 is 0 Å². The van der Waals surface area contributed by atoms with Crippen LogP contribution in [0.25, 0.3) is 10.2 Å². The standard InChI is InChI=1S/C16H16N6O2S/c17-14-13(18-3-4-19-14)15(23)20-10-1-2-11-12(9-10)25-16(21-11)22-5-7-24-8-6-22/h1-4,9H,5-8H2,(H2,17,19)(H,20,23). The van der Waals surface area contributed by atoms with Crippen LogP contribution in [0.3, 0.4) is 0 Å². The third kappa shape index (κ3) is 3.24. The number of morpholine rings is 1. The van der Waals surface area contributed by atoms with E-state index in [1.54, 1.807) is 11.3 Å². The Kier molecular flexibility index (Phi) is 4.16. The predicted octanol–water partition coefficient (Wildman–Crippen LogP) is 1.76. The van der Waals surface area contributed by atoms with Crippen molar-refractivity contribution in [1.29, 1.82) is 0 Å². The zero-order chi connectivity index (χ0) is 17.2. The van der Waals surface area contributed by atoms with E-state index < -0.39 is 0 Å². The van der Waals surface area contributed by atoms with Crippen molar-refractivity contribution in [3.63, 3.8) is 0 Å². The lowest BCUT2D eigenvalue weighted by atomic mass is 10.3. The summed E-state index contributed by atoms with van der Waals surface area (Å²) in [6, 6.07) is 5.61. The molecule has 25 heavy (non-hydrogen) atoms. The van der Waals surface area contributed by atoms with Gasteiger partial charge in [-0.3, -0.25) is 4.79 Å². The maximum absolute atomic E-state index is 12.3. The minimum Gasteiger partial charge on any atom is -0.382 e. The molecule has 0 spiro atoms. The molecule has 1 aliphatic rings. The summed E-state index contributed by atoms with van der Waals surface area (Å²) >= 11 is 1.60. The average molecular weight is 356 g/mol. The number of benzene rings is 1. The van der Waals surface area contributed by atoms with E-state index in [-0.39, 0.29) is 17.4 Å². The number of rotatable bonds is 3. The number of aromatic nitrogens is 3. The fourth-order valence-corrected chi connectivity index (χ4v) is 3.65. The Labute approximate surface area is 147 Å². The topological polar surface area (TPSA) is 106 Å². The van der Waals surface area contributed by atoms with E-state index in [0.717, 1.165) is 41.7 Å². The van der Waals surface area contributed by atoms with Crippen molar-refractivity contribution < 1.29 is 9.53 Å². The second-order valence-corrected chi connectivity index (χ2v) is 6.53. The first-order valence-corrected chi connectivity index (χ1v) is 8.63. The number of nitrogen functional groups attached to an aromatic ring is 1. The molecular weight excluding hydrogens is 340 g/mol. The van der Waals surface area contributed by atoms with Gasteiger partial charge in [-0.25, -0.2) is 15.0 Å². The lowest BCUT2D eigenvalue weighted by Crippen LogP contribution is -2.36. The number of carbonyl (C=O) groups excluding carboxylic acids is 1. The molecule has 9 heteroatoms. The first-order chi connectivity index (χ1) is 12.2. The Morgan fingerprint density at radius 3 is 2.84 bits per heavy atom. The number of anilines is 3. The molecular formula is C16H16N6O2S. The monoisotopic (exact) mass is 356 g/mol. The summed E-state index contributed by atoms with van der Waals surface area (Å²) in [4.78, 5) is 27.0. The molecule has 0 aliphatic carbocycles. The van der Waals surface area contributed by atoms with Gasteiger partial charge in [0.25, 0.3) is 5.91 Å². The van der Waals surface area contributed by atoms with Crippen LogP contribution < -0.4 is 16.0 Å². The zero-order valence-corrected chi connectivity index (χ0v) is 14.1. The third-order valence-electron chi connectivity index (χ3n) is 3.86. The lowest BCUT2D eigenvalue weighted by Gasteiger charge is -2.25. The molecule has 0 atom stereocenters. The third-order valence-corrected chi connectivity index (χ3v) is 4.94. The van der Waals surface area contributed by atoms with Crippen LogP contribution in [0.4, 0.5) is 16.6 Å². The zero-order valence-electron chi connectivity index (χ0n) is 13.3. The van der Waals surface area contributed by atoms with E-state index in [0.29, 0.717) is 5.69 Å². The van der Waals surface area contributed by atoms with Crippen molar-refractivity contribution in [1.82, 2.24) is 15.0 Å². The molecule has 8 nitrogen and oxygen atoms in total. The van der Waals surface area contributed by atoms with E-state index in [4.69, 9.17) is 10.5 Å². The number of hydrogen-bond acceptors (Lipinski definition) is 8. The summed E-state index contributed by atoms with van der Waals surface area (Å²) < 4.78 is 6.38. The van der Waals surface area contributed by atoms with Gasteiger partial charge in [0.1, 0.15) is 0 Å². The van der Waals surface area contributed by atoms with E-state index in [2.05, 4.69) is 25.2 Å². The fourth-order valence-electron chi connectivity index (χ4n) is 2.59. The Bertz CT molecular complexity index is 922. The molecule has 2 aromatic heterocycles. The van der Waals surface area contributed by atoms with Crippen molar-refractivity contribution in [2.75, 3.05) is 42.3 Å². The van der Waals surface area contributed by atoms with E-state index in [1.807, 2.05) is 18.2 Å². The molecule has 1 amide bonds. The maximum atomic E-state index is 12.3. The quantitative estimate of drug-likeness (QED) is 0.736. The molecule has 0 unspecified atom stereocenters. The number of fused-ring (bicyclic) bond motifs is 1.